The van der Waals surface area contributed by atoms with Gasteiger partial charge < -0.3 is 15.4 Å². The number of carbonyl (C=O) groups excluding carboxylic acids is 1. The second-order valence-electron chi connectivity index (χ2n) is 6.16. The number of hydrogen-bond acceptors (Lipinski definition) is 3. The molecule has 112 valence electrons. The van der Waals surface area contributed by atoms with Gasteiger partial charge in [0, 0.05) is 13.2 Å². The fraction of sp³-hybridized carbons (Fsp3) is 0.933. The maximum Gasteiger partial charge on any atom is 0.226 e. The van der Waals surface area contributed by atoms with Crippen LogP contribution in [0.2, 0.25) is 0 Å². The Morgan fingerprint density at radius 1 is 1.32 bits per heavy atom. The van der Waals surface area contributed by atoms with Gasteiger partial charge in [-0.3, -0.25) is 4.79 Å². The molecule has 1 amide bonds. The highest BCUT2D eigenvalue weighted by atomic mass is 16.5. The number of rotatable bonds is 7. The van der Waals surface area contributed by atoms with Crippen molar-refractivity contribution in [3.8, 4) is 0 Å². The quantitative estimate of drug-likeness (QED) is 0.745. The minimum absolute atomic E-state index is 0.164. The Morgan fingerprint density at radius 3 is 2.47 bits per heavy atom. The third kappa shape index (κ3) is 4.77. The minimum atomic E-state index is -0.287. The van der Waals surface area contributed by atoms with Crippen molar-refractivity contribution in [3.63, 3.8) is 0 Å². The summed E-state index contributed by atoms with van der Waals surface area (Å²) in [5.41, 5.74) is -0.451. The van der Waals surface area contributed by atoms with Crippen molar-refractivity contribution in [1.82, 2.24) is 10.6 Å². The molecule has 0 spiro atoms. The molecule has 1 heterocycles. The minimum Gasteiger partial charge on any atom is -0.374 e. The van der Waals surface area contributed by atoms with Gasteiger partial charge >= 0.3 is 0 Å². The molecule has 0 aromatic heterocycles. The third-order valence-corrected chi connectivity index (χ3v) is 3.98. The van der Waals surface area contributed by atoms with Gasteiger partial charge in [0.15, 0.2) is 0 Å². The summed E-state index contributed by atoms with van der Waals surface area (Å²) in [6, 6.07) is 0. The fourth-order valence-corrected chi connectivity index (χ4v) is 2.90. The van der Waals surface area contributed by atoms with E-state index in [0.29, 0.717) is 13.2 Å². The van der Waals surface area contributed by atoms with Crippen molar-refractivity contribution >= 4 is 5.91 Å². The molecule has 4 nitrogen and oxygen atoms in total. The van der Waals surface area contributed by atoms with E-state index in [1.807, 2.05) is 20.8 Å². The summed E-state index contributed by atoms with van der Waals surface area (Å²) in [5, 5.41) is 6.45. The summed E-state index contributed by atoms with van der Waals surface area (Å²) in [6.07, 6.45) is 3.93. The molecule has 0 unspecified atom stereocenters. The van der Waals surface area contributed by atoms with Gasteiger partial charge in [0.25, 0.3) is 0 Å². The van der Waals surface area contributed by atoms with Gasteiger partial charge in [-0.05, 0) is 53.1 Å². The molecule has 0 saturated carbocycles. The van der Waals surface area contributed by atoms with E-state index in [1.54, 1.807) is 0 Å². The molecular weight excluding hydrogens is 240 g/mol. The predicted molar refractivity (Wildman–Crippen MR) is 78.2 cm³/mol. The molecular formula is C15H30N2O2. The van der Waals surface area contributed by atoms with Gasteiger partial charge in [-0.1, -0.05) is 13.3 Å². The van der Waals surface area contributed by atoms with Crippen molar-refractivity contribution in [2.24, 2.45) is 5.41 Å². The molecule has 1 rings (SSSR count). The van der Waals surface area contributed by atoms with E-state index in [1.165, 1.54) is 0 Å². The molecule has 1 aliphatic heterocycles. The molecule has 1 aliphatic rings. The van der Waals surface area contributed by atoms with Crippen LogP contribution in [0.3, 0.4) is 0 Å². The summed E-state index contributed by atoms with van der Waals surface area (Å²) in [5.74, 6) is 0.212. The first-order chi connectivity index (χ1) is 8.96. The van der Waals surface area contributed by atoms with Gasteiger partial charge in [0.2, 0.25) is 5.91 Å². The lowest BCUT2D eigenvalue weighted by Crippen LogP contribution is -2.50. The topological polar surface area (TPSA) is 50.4 Å². The lowest BCUT2D eigenvalue weighted by molar-refractivity contribution is -0.134. The Labute approximate surface area is 117 Å². The Bertz CT molecular complexity index is 278. The molecule has 0 aromatic rings. The lowest BCUT2D eigenvalue weighted by atomic mass is 9.74. The van der Waals surface area contributed by atoms with Crippen LogP contribution in [-0.4, -0.2) is 37.7 Å². The normalized spacial score (nSPS) is 19.2. The molecule has 1 fully saturated rings. The van der Waals surface area contributed by atoms with Crippen LogP contribution < -0.4 is 10.6 Å². The van der Waals surface area contributed by atoms with Crippen molar-refractivity contribution in [3.05, 3.63) is 0 Å². The zero-order valence-electron chi connectivity index (χ0n) is 13.0. The molecule has 0 aliphatic carbocycles. The third-order valence-electron chi connectivity index (χ3n) is 3.98. The van der Waals surface area contributed by atoms with Crippen LogP contribution in [0.15, 0.2) is 0 Å². The van der Waals surface area contributed by atoms with Crippen LogP contribution in [0, 0.1) is 5.41 Å². The highest BCUT2D eigenvalue weighted by molar-refractivity contribution is 5.82. The van der Waals surface area contributed by atoms with Gasteiger partial charge in [-0.15, -0.1) is 0 Å². The monoisotopic (exact) mass is 270 g/mol. The van der Waals surface area contributed by atoms with Crippen molar-refractivity contribution in [2.75, 3.05) is 26.2 Å². The van der Waals surface area contributed by atoms with Crippen molar-refractivity contribution < 1.29 is 9.53 Å². The van der Waals surface area contributed by atoms with Crippen LogP contribution in [0.1, 0.15) is 53.4 Å². The fourth-order valence-electron chi connectivity index (χ4n) is 2.90. The molecule has 2 N–H and O–H groups in total. The maximum absolute atomic E-state index is 12.6. The van der Waals surface area contributed by atoms with Gasteiger partial charge in [0.05, 0.1) is 11.0 Å². The standard InChI is InChI=1S/C15H30N2O2/c1-5-7-15(8-10-16-11-9-15)13(18)17-12-14(3,4)19-6-2/h16H,5-12H2,1-4H3,(H,17,18). The molecule has 19 heavy (non-hydrogen) atoms. The Kier molecular flexibility index (Phi) is 6.27. The number of nitrogens with one attached hydrogen (secondary N) is 2. The number of hydrogen-bond donors (Lipinski definition) is 2. The first kappa shape index (κ1) is 16.4. The maximum atomic E-state index is 12.6. The van der Waals surface area contributed by atoms with Gasteiger partial charge in [-0.25, -0.2) is 0 Å². The van der Waals surface area contributed by atoms with E-state index >= 15 is 0 Å². The Hall–Kier alpha value is -0.610. The van der Waals surface area contributed by atoms with E-state index in [4.69, 9.17) is 4.74 Å². The van der Waals surface area contributed by atoms with Crippen LogP contribution in [0.5, 0.6) is 0 Å². The number of carbonyl (C=O) groups is 1. The summed E-state index contributed by atoms with van der Waals surface area (Å²) >= 11 is 0. The highest BCUT2D eigenvalue weighted by Crippen LogP contribution is 2.34. The Balaban J connectivity index is 2.57. The van der Waals surface area contributed by atoms with Gasteiger partial charge in [0.1, 0.15) is 0 Å². The smallest absolute Gasteiger partial charge is 0.226 e. The molecule has 1 saturated heterocycles. The van der Waals surface area contributed by atoms with Crippen LogP contribution in [0.25, 0.3) is 0 Å². The zero-order valence-corrected chi connectivity index (χ0v) is 13.0. The number of ether oxygens (including phenoxy) is 1. The first-order valence-corrected chi connectivity index (χ1v) is 7.59. The average Bonchev–Trinajstić information content (AvgIpc) is 2.37. The molecule has 0 bridgehead atoms. The van der Waals surface area contributed by atoms with Gasteiger partial charge in [-0.2, -0.15) is 0 Å². The second-order valence-corrected chi connectivity index (χ2v) is 6.16. The SMILES string of the molecule is CCCC1(C(=O)NCC(C)(C)OCC)CCNCC1. The second kappa shape index (κ2) is 7.25. The Morgan fingerprint density at radius 2 is 1.95 bits per heavy atom. The summed E-state index contributed by atoms with van der Waals surface area (Å²) in [7, 11) is 0. The van der Waals surface area contributed by atoms with Crippen LogP contribution in [-0.2, 0) is 9.53 Å². The van der Waals surface area contributed by atoms with E-state index in [2.05, 4.69) is 17.6 Å². The lowest BCUT2D eigenvalue weighted by Gasteiger charge is -2.37. The van der Waals surface area contributed by atoms with Crippen molar-refractivity contribution in [1.29, 1.82) is 0 Å². The molecule has 0 radical (unpaired) electrons. The number of piperidine rings is 1. The number of amides is 1. The van der Waals surface area contributed by atoms with Crippen molar-refractivity contribution in [2.45, 2.75) is 59.0 Å². The molecule has 0 aromatic carbocycles. The molecule has 0 atom stereocenters. The average molecular weight is 270 g/mol. The molecule has 4 heteroatoms. The largest absolute Gasteiger partial charge is 0.374 e. The zero-order chi connectivity index (χ0) is 14.4. The highest BCUT2D eigenvalue weighted by Gasteiger charge is 2.38. The van der Waals surface area contributed by atoms with E-state index < -0.39 is 0 Å². The first-order valence-electron chi connectivity index (χ1n) is 7.59. The van der Waals surface area contributed by atoms with E-state index in [-0.39, 0.29) is 16.9 Å². The van der Waals surface area contributed by atoms with Crippen LogP contribution in [0.4, 0.5) is 0 Å². The summed E-state index contributed by atoms with van der Waals surface area (Å²) in [4.78, 5) is 12.6. The van der Waals surface area contributed by atoms with Crippen LogP contribution >= 0.6 is 0 Å². The predicted octanol–water partition coefficient (Wildman–Crippen LogP) is 2.09. The summed E-state index contributed by atoms with van der Waals surface area (Å²) in [6.45, 7) is 11.3. The summed E-state index contributed by atoms with van der Waals surface area (Å²) < 4.78 is 5.63. The van der Waals surface area contributed by atoms with E-state index in [9.17, 15) is 4.79 Å². The van der Waals surface area contributed by atoms with E-state index in [0.717, 1.165) is 38.8 Å².